The molecule has 1 aromatic heterocycles. The third-order valence-electron chi connectivity index (χ3n) is 3.20. The summed E-state index contributed by atoms with van der Waals surface area (Å²) in [5.74, 6) is -1.11. The molecule has 3 rings (SSSR count). The van der Waals surface area contributed by atoms with E-state index in [2.05, 4.69) is 20.9 Å². The van der Waals surface area contributed by atoms with Crippen molar-refractivity contribution in [2.24, 2.45) is 0 Å². The monoisotopic (exact) mass is 424 g/mol. The highest BCUT2D eigenvalue weighted by Crippen LogP contribution is 2.27. The molecule has 0 aliphatic rings. The van der Waals surface area contributed by atoms with Crippen molar-refractivity contribution < 1.29 is 9.90 Å². The number of carboxylic acids is 1. The van der Waals surface area contributed by atoms with Crippen molar-refractivity contribution in [3.63, 3.8) is 0 Å². The van der Waals surface area contributed by atoms with Crippen LogP contribution in [0.15, 0.2) is 61.7 Å². The molecule has 0 fully saturated rings. The number of carboxylic acid groups (broad SMARTS) is 1. The summed E-state index contributed by atoms with van der Waals surface area (Å²) in [4.78, 5) is 29.0. The second kappa shape index (κ2) is 6.96. The standard InChI is InChI=1S/C16H10BrClN2O3S/c17-9-1-4-11(5-2-9)24-15-16(23)20(8-14(21)22)13-7-10(18)3-6-12(13)19-15/h1-7H,8H2,(H,21,22). The number of rotatable bonds is 4. The maximum atomic E-state index is 12.7. The number of nitrogens with zero attached hydrogens (tertiary/aromatic N) is 2. The molecule has 0 atom stereocenters. The number of aliphatic carboxylic acids is 1. The minimum Gasteiger partial charge on any atom is -0.480 e. The number of halogens is 2. The highest BCUT2D eigenvalue weighted by Gasteiger charge is 2.15. The van der Waals surface area contributed by atoms with Crippen LogP contribution in [0.1, 0.15) is 0 Å². The number of hydrogen-bond donors (Lipinski definition) is 1. The summed E-state index contributed by atoms with van der Waals surface area (Å²) >= 11 is 10.5. The number of hydrogen-bond acceptors (Lipinski definition) is 4. The minimum absolute atomic E-state index is 0.216. The van der Waals surface area contributed by atoms with Crippen LogP contribution in [0.2, 0.25) is 5.02 Å². The second-order valence-electron chi connectivity index (χ2n) is 4.89. The zero-order chi connectivity index (χ0) is 17.3. The summed E-state index contributed by atoms with van der Waals surface area (Å²) in [5.41, 5.74) is 0.454. The summed E-state index contributed by atoms with van der Waals surface area (Å²) in [6.07, 6.45) is 0. The van der Waals surface area contributed by atoms with Gasteiger partial charge in [0.2, 0.25) is 0 Å². The van der Waals surface area contributed by atoms with Gasteiger partial charge in [0.25, 0.3) is 5.56 Å². The third-order valence-corrected chi connectivity index (χ3v) is 4.93. The van der Waals surface area contributed by atoms with Crippen LogP contribution in [-0.2, 0) is 11.3 Å². The second-order valence-corrected chi connectivity index (χ2v) is 7.31. The third kappa shape index (κ3) is 3.63. The van der Waals surface area contributed by atoms with Crippen molar-refractivity contribution in [1.29, 1.82) is 0 Å². The highest BCUT2D eigenvalue weighted by atomic mass is 79.9. The van der Waals surface area contributed by atoms with Crippen molar-refractivity contribution in [3.8, 4) is 0 Å². The fourth-order valence-corrected chi connectivity index (χ4v) is 3.43. The lowest BCUT2D eigenvalue weighted by Crippen LogP contribution is -2.26. The van der Waals surface area contributed by atoms with Crippen LogP contribution >= 0.6 is 39.3 Å². The van der Waals surface area contributed by atoms with Crippen LogP contribution in [0.4, 0.5) is 0 Å². The lowest BCUT2D eigenvalue weighted by molar-refractivity contribution is -0.137. The molecule has 2 aromatic carbocycles. The fraction of sp³-hybridized carbons (Fsp3) is 0.0625. The summed E-state index contributed by atoms with van der Waals surface area (Å²) < 4.78 is 2.11. The van der Waals surface area contributed by atoms with E-state index in [1.807, 2.05) is 24.3 Å². The number of aromatic nitrogens is 2. The average Bonchev–Trinajstić information content (AvgIpc) is 2.54. The van der Waals surface area contributed by atoms with Crippen LogP contribution < -0.4 is 5.56 Å². The van der Waals surface area contributed by atoms with Gasteiger partial charge >= 0.3 is 5.97 Å². The number of fused-ring (bicyclic) bond motifs is 1. The minimum atomic E-state index is -1.11. The quantitative estimate of drug-likeness (QED) is 0.683. The van der Waals surface area contributed by atoms with Crippen LogP contribution in [0.25, 0.3) is 11.0 Å². The first kappa shape index (κ1) is 17.0. The van der Waals surface area contributed by atoms with Crippen LogP contribution in [0, 0.1) is 0 Å². The Morgan fingerprint density at radius 2 is 1.96 bits per heavy atom. The molecule has 0 spiro atoms. The first-order valence-electron chi connectivity index (χ1n) is 6.79. The molecule has 8 heteroatoms. The molecule has 0 unspecified atom stereocenters. The molecule has 0 aliphatic heterocycles. The van der Waals surface area contributed by atoms with Gasteiger partial charge in [0, 0.05) is 14.4 Å². The molecule has 24 heavy (non-hydrogen) atoms. The van der Waals surface area contributed by atoms with Crippen LogP contribution in [-0.4, -0.2) is 20.6 Å². The van der Waals surface area contributed by atoms with E-state index in [1.54, 1.807) is 18.2 Å². The van der Waals surface area contributed by atoms with Gasteiger partial charge in [-0.15, -0.1) is 0 Å². The predicted molar refractivity (Wildman–Crippen MR) is 96.9 cm³/mol. The smallest absolute Gasteiger partial charge is 0.323 e. The van der Waals surface area contributed by atoms with Gasteiger partial charge < -0.3 is 5.11 Å². The first-order valence-corrected chi connectivity index (χ1v) is 8.78. The van der Waals surface area contributed by atoms with Crippen molar-refractivity contribution in [1.82, 2.24) is 9.55 Å². The molecule has 0 aliphatic carbocycles. The normalized spacial score (nSPS) is 10.9. The van der Waals surface area contributed by atoms with E-state index in [9.17, 15) is 9.59 Å². The zero-order valence-electron chi connectivity index (χ0n) is 12.1. The molecule has 0 saturated carbocycles. The van der Waals surface area contributed by atoms with E-state index >= 15 is 0 Å². The lowest BCUT2D eigenvalue weighted by atomic mass is 10.3. The largest absolute Gasteiger partial charge is 0.480 e. The van der Waals surface area contributed by atoms with Crippen molar-refractivity contribution in [3.05, 3.63) is 62.3 Å². The van der Waals surface area contributed by atoms with Crippen molar-refractivity contribution in [2.75, 3.05) is 0 Å². The molecule has 1 N–H and O–H groups in total. The molecule has 0 radical (unpaired) electrons. The Hall–Kier alpha value is -1.83. The molecular formula is C16H10BrClN2O3S. The molecule has 0 bridgehead atoms. The van der Waals surface area contributed by atoms with E-state index in [-0.39, 0.29) is 5.03 Å². The molecule has 0 amide bonds. The SMILES string of the molecule is O=C(O)Cn1c(=O)c(Sc2ccc(Br)cc2)nc2ccc(Cl)cc21. The Kier molecular flexibility index (Phi) is 4.93. The van der Waals surface area contributed by atoms with Gasteiger partial charge in [-0.2, -0.15) is 0 Å². The first-order chi connectivity index (χ1) is 11.4. The molecule has 5 nitrogen and oxygen atoms in total. The maximum absolute atomic E-state index is 12.7. The lowest BCUT2D eigenvalue weighted by Gasteiger charge is -2.10. The van der Waals surface area contributed by atoms with Crippen molar-refractivity contribution >= 4 is 56.3 Å². The Morgan fingerprint density at radius 3 is 2.62 bits per heavy atom. The molecule has 0 saturated heterocycles. The van der Waals surface area contributed by atoms with E-state index in [4.69, 9.17) is 16.7 Å². The molecule has 122 valence electrons. The van der Waals surface area contributed by atoms with Gasteiger partial charge in [-0.05, 0) is 42.5 Å². The summed E-state index contributed by atoms with van der Waals surface area (Å²) in [6, 6.07) is 12.3. The van der Waals surface area contributed by atoms with Crippen LogP contribution in [0.5, 0.6) is 0 Å². The Bertz CT molecular complexity index is 989. The van der Waals surface area contributed by atoms with E-state index in [1.165, 1.54) is 16.3 Å². The maximum Gasteiger partial charge on any atom is 0.323 e. The molecule has 3 aromatic rings. The van der Waals surface area contributed by atoms with E-state index < -0.39 is 18.1 Å². The van der Waals surface area contributed by atoms with E-state index in [0.717, 1.165) is 9.37 Å². The van der Waals surface area contributed by atoms with Crippen molar-refractivity contribution in [2.45, 2.75) is 16.5 Å². The Labute approximate surface area is 154 Å². The zero-order valence-corrected chi connectivity index (χ0v) is 15.2. The molecular weight excluding hydrogens is 416 g/mol. The van der Waals surface area contributed by atoms with Gasteiger partial charge in [-0.1, -0.05) is 39.3 Å². The summed E-state index contributed by atoms with van der Waals surface area (Å²) in [5, 5.41) is 9.74. The summed E-state index contributed by atoms with van der Waals surface area (Å²) in [7, 11) is 0. The Morgan fingerprint density at radius 1 is 1.25 bits per heavy atom. The highest BCUT2D eigenvalue weighted by molar-refractivity contribution is 9.10. The van der Waals surface area contributed by atoms with Gasteiger partial charge in [0.15, 0.2) is 5.03 Å². The van der Waals surface area contributed by atoms with Gasteiger partial charge in [0.05, 0.1) is 11.0 Å². The molecule has 1 heterocycles. The van der Waals surface area contributed by atoms with Gasteiger partial charge in [0.1, 0.15) is 6.54 Å². The fourth-order valence-electron chi connectivity index (χ4n) is 2.16. The predicted octanol–water partition coefficient (Wildman–Crippen LogP) is 4.05. The average molecular weight is 426 g/mol. The Balaban J connectivity index is 2.16. The summed E-state index contributed by atoms with van der Waals surface area (Å²) in [6.45, 7) is -0.452. The number of benzene rings is 2. The van der Waals surface area contributed by atoms with Gasteiger partial charge in [-0.25, -0.2) is 4.98 Å². The van der Waals surface area contributed by atoms with Gasteiger partial charge in [-0.3, -0.25) is 14.2 Å². The van der Waals surface area contributed by atoms with Crippen LogP contribution in [0.3, 0.4) is 0 Å². The number of carbonyl (C=O) groups is 1. The van der Waals surface area contributed by atoms with E-state index in [0.29, 0.717) is 16.1 Å². The topological polar surface area (TPSA) is 72.2 Å².